The van der Waals surface area contributed by atoms with Crippen LogP contribution in [0.5, 0.6) is 0 Å². The average Bonchev–Trinajstić information content (AvgIpc) is 3.14. The summed E-state index contributed by atoms with van der Waals surface area (Å²) in [5.41, 5.74) is 0. The quantitative estimate of drug-likeness (QED) is 0.0286. The minimum Gasteiger partial charge on any atom is -0.477 e. The Bertz CT molecular complexity index is 1000. The number of aliphatic carboxylic acids is 1. The number of hydrogen-bond donors (Lipinski definition) is 1. The van der Waals surface area contributed by atoms with Crippen molar-refractivity contribution in [2.45, 2.75) is 206 Å². The van der Waals surface area contributed by atoms with E-state index in [2.05, 4.69) is 44.2 Å². The van der Waals surface area contributed by atoms with Gasteiger partial charge < -0.3 is 23.8 Å². The van der Waals surface area contributed by atoms with Crippen LogP contribution >= 0.6 is 0 Å². The first kappa shape index (κ1) is 52.6. The summed E-state index contributed by atoms with van der Waals surface area (Å²) in [5.74, 6) is -1.54. The van der Waals surface area contributed by atoms with Crippen molar-refractivity contribution in [1.82, 2.24) is 0 Å². The van der Waals surface area contributed by atoms with Crippen LogP contribution in [0, 0.1) is 0 Å². The van der Waals surface area contributed by atoms with Gasteiger partial charge in [-0.3, -0.25) is 9.59 Å². The fourth-order valence-electron chi connectivity index (χ4n) is 6.49. The van der Waals surface area contributed by atoms with E-state index in [9.17, 15) is 19.5 Å². The highest BCUT2D eigenvalue weighted by Crippen LogP contribution is 2.14. The first-order chi connectivity index (χ1) is 26.6. The predicted octanol–water partition coefficient (Wildman–Crippen LogP) is 12.2. The third-order valence-corrected chi connectivity index (χ3v) is 10.0. The zero-order valence-corrected chi connectivity index (χ0v) is 36.4. The molecule has 0 spiro atoms. The molecule has 55 heavy (non-hydrogen) atoms. The highest BCUT2D eigenvalue weighted by atomic mass is 16.6. The minimum atomic E-state index is -0.881. The molecule has 0 fully saturated rings. The number of rotatable bonds is 40. The van der Waals surface area contributed by atoms with Gasteiger partial charge in [0.25, 0.3) is 0 Å². The molecule has 2 unspecified atom stereocenters. The molecule has 320 valence electrons. The molecule has 0 saturated carbocycles. The monoisotopic (exact) mass is 777 g/mol. The van der Waals surface area contributed by atoms with Crippen LogP contribution in [0.25, 0.3) is 0 Å². The van der Waals surface area contributed by atoms with Gasteiger partial charge in [0.2, 0.25) is 0 Å². The Morgan fingerprint density at radius 3 is 1.51 bits per heavy atom. The van der Waals surface area contributed by atoms with Gasteiger partial charge >= 0.3 is 17.9 Å². The molecule has 0 aromatic heterocycles. The molecule has 8 nitrogen and oxygen atoms in total. The molecular weight excluding hydrogens is 691 g/mol. The number of unbranched alkanes of at least 4 members (excludes halogenated alkanes) is 20. The lowest BCUT2D eigenvalue weighted by molar-refractivity contribution is -0.887. The Kier molecular flexibility index (Phi) is 36.7. The van der Waals surface area contributed by atoms with Crippen LogP contribution in [0.2, 0.25) is 0 Å². The number of ether oxygens (including phenoxy) is 3. The van der Waals surface area contributed by atoms with Crippen molar-refractivity contribution >= 4 is 17.9 Å². The van der Waals surface area contributed by atoms with Gasteiger partial charge in [-0.05, 0) is 57.8 Å². The number of hydrogen-bond acceptors (Lipinski definition) is 6. The topological polar surface area (TPSA) is 99.1 Å². The zero-order valence-electron chi connectivity index (χ0n) is 36.4. The molecule has 0 amide bonds. The van der Waals surface area contributed by atoms with Gasteiger partial charge in [0.1, 0.15) is 6.61 Å². The Balaban J connectivity index is 4.22. The van der Waals surface area contributed by atoms with Gasteiger partial charge in [0.05, 0.1) is 34.4 Å². The number of nitrogens with zero attached hydrogens (tertiary/aromatic N) is 1. The van der Waals surface area contributed by atoms with E-state index in [-0.39, 0.29) is 42.7 Å². The lowest BCUT2D eigenvalue weighted by atomic mass is 10.1. The first-order valence-corrected chi connectivity index (χ1v) is 22.5. The maximum absolute atomic E-state index is 12.7. The smallest absolute Gasteiger partial charge is 0.362 e. The Morgan fingerprint density at radius 1 is 0.545 bits per heavy atom. The van der Waals surface area contributed by atoms with E-state index in [4.69, 9.17) is 14.2 Å². The van der Waals surface area contributed by atoms with E-state index in [1.807, 2.05) is 27.2 Å². The Hall–Kier alpha value is -2.45. The summed E-state index contributed by atoms with van der Waals surface area (Å²) < 4.78 is 17.2. The van der Waals surface area contributed by atoms with E-state index in [0.717, 1.165) is 38.5 Å². The molecule has 8 heteroatoms. The largest absolute Gasteiger partial charge is 0.477 e. The van der Waals surface area contributed by atoms with Crippen LogP contribution in [-0.2, 0) is 28.6 Å². The SMILES string of the molecule is CCCCCC/C=C/CCC(=O)OCC(COCCC(C(=O)O)[N+](C)(C)C)OC(=O)CCCCCCCCC/C=C/C/C=C/CCCCCCCCCCC. The summed E-state index contributed by atoms with van der Waals surface area (Å²) in [6.45, 7) is 4.64. The predicted molar refractivity (Wildman–Crippen MR) is 229 cm³/mol. The summed E-state index contributed by atoms with van der Waals surface area (Å²) in [7, 11) is 5.51. The van der Waals surface area contributed by atoms with Crippen LogP contribution in [0.1, 0.15) is 194 Å². The third kappa shape index (κ3) is 36.9. The molecule has 2 atom stereocenters. The normalized spacial score (nSPS) is 13.3. The number of allylic oxidation sites excluding steroid dienone is 6. The lowest BCUT2D eigenvalue weighted by Gasteiger charge is -2.31. The second-order valence-electron chi connectivity index (χ2n) is 16.3. The second kappa shape index (κ2) is 38.4. The molecule has 0 radical (unpaired) electrons. The molecule has 1 N–H and O–H groups in total. The fourth-order valence-corrected chi connectivity index (χ4v) is 6.49. The summed E-state index contributed by atoms with van der Waals surface area (Å²) in [6.07, 6.45) is 43.6. The summed E-state index contributed by atoms with van der Waals surface area (Å²) in [4.78, 5) is 36.8. The lowest BCUT2D eigenvalue weighted by Crippen LogP contribution is -2.50. The van der Waals surface area contributed by atoms with E-state index >= 15 is 0 Å². The van der Waals surface area contributed by atoms with Gasteiger partial charge in [-0.1, -0.05) is 153 Å². The van der Waals surface area contributed by atoms with Gasteiger partial charge in [0.15, 0.2) is 12.1 Å². The molecule has 0 rings (SSSR count). The molecule has 0 aliphatic carbocycles. The van der Waals surface area contributed by atoms with Crippen molar-refractivity contribution in [3.05, 3.63) is 36.5 Å². The molecular formula is C47H86NO7+. The van der Waals surface area contributed by atoms with E-state index in [1.54, 1.807) is 0 Å². The Morgan fingerprint density at radius 2 is 1.00 bits per heavy atom. The van der Waals surface area contributed by atoms with Crippen molar-refractivity contribution in [1.29, 1.82) is 0 Å². The second-order valence-corrected chi connectivity index (χ2v) is 16.3. The molecule has 0 aromatic carbocycles. The number of carbonyl (C=O) groups excluding carboxylic acids is 2. The molecule has 0 bridgehead atoms. The highest BCUT2D eigenvalue weighted by Gasteiger charge is 2.31. The number of esters is 2. The van der Waals surface area contributed by atoms with Crippen molar-refractivity contribution in [2.24, 2.45) is 0 Å². The fraction of sp³-hybridized carbons (Fsp3) is 0.809. The molecule has 0 heterocycles. The Labute approximate surface area is 338 Å². The van der Waals surface area contributed by atoms with Crippen molar-refractivity contribution in [2.75, 3.05) is 41.0 Å². The summed E-state index contributed by atoms with van der Waals surface area (Å²) >= 11 is 0. The maximum Gasteiger partial charge on any atom is 0.362 e. The van der Waals surface area contributed by atoms with Gasteiger partial charge in [0, 0.05) is 19.3 Å². The third-order valence-electron chi connectivity index (χ3n) is 10.0. The number of carboxylic acid groups (broad SMARTS) is 1. The number of quaternary nitrogens is 1. The van der Waals surface area contributed by atoms with Crippen LogP contribution in [0.4, 0.5) is 0 Å². The molecule has 0 aliphatic rings. The molecule has 0 saturated heterocycles. The number of likely N-dealkylation sites (N-methyl/N-ethyl adjacent to an activating group) is 1. The zero-order chi connectivity index (χ0) is 40.7. The highest BCUT2D eigenvalue weighted by molar-refractivity contribution is 5.72. The first-order valence-electron chi connectivity index (χ1n) is 22.5. The van der Waals surface area contributed by atoms with Crippen molar-refractivity contribution in [3.8, 4) is 0 Å². The van der Waals surface area contributed by atoms with Gasteiger partial charge in [-0.15, -0.1) is 0 Å². The molecule has 0 aromatic rings. The average molecular weight is 777 g/mol. The summed E-state index contributed by atoms with van der Waals surface area (Å²) in [6, 6.07) is -0.619. The van der Waals surface area contributed by atoms with E-state index in [0.29, 0.717) is 19.3 Å². The van der Waals surface area contributed by atoms with Crippen LogP contribution in [0.3, 0.4) is 0 Å². The maximum atomic E-state index is 12.7. The molecule has 0 aliphatic heterocycles. The van der Waals surface area contributed by atoms with Crippen LogP contribution in [0.15, 0.2) is 36.5 Å². The van der Waals surface area contributed by atoms with Crippen LogP contribution in [-0.4, -0.2) is 80.6 Å². The summed E-state index contributed by atoms with van der Waals surface area (Å²) in [5, 5.41) is 9.60. The minimum absolute atomic E-state index is 0.0471. The van der Waals surface area contributed by atoms with Crippen molar-refractivity contribution < 1.29 is 38.2 Å². The standard InChI is InChI=1S/C47H85NO7/c1-6-8-10-12-14-16-17-18-19-20-21-22-23-24-25-26-27-28-29-30-32-34-36-38-46(50)55-43(41-53-40-39-44(47(51)52)48(3,4)5)42-54-45(49)37-35-33-31-15-13-11-9-7-2/h21-22,24-25,31,33,43-44H,6-20,23,26-30,32,34-42H2,1-5H3/p+1/b22-21+,25-24+,33-31+. The number of carbonyl (C=O) groups is 3. The van der Waals surface area contributed by atoms with Gasteiger partial charge in [-0.2, -0.15) is 0 Å². The van der Waals surface area contributed by atoms with Crippen LogP contribution < -0.4 is 0 Å². The van der Waals surface area contributed by atoms with E-state index in [1.165, 1.54) is 116 Å². The van der Waals surface area contributed by atoms with Crippen molar-refractivity contribution in [3.63, 3.8) is 0 Å². The van der Waals surface area contributed by atoms with E-state index < -0.39 is 18.1 Å². The van der Waals surface area contributed by atoms with Gasteiger partial charge in [-0.25, -0.2) is 4.79 Å². The number of carboxylic acids is 1.